The molecule has 1 atom stereocenters. The van der Waals surface area contributed by atoms with Crippen LogP contribution >= 0.6 is 11.6 Å². The topological polar surface area (TPSA) is 75.4 Å². The quantitative estimate of drug-likeness (QED) is 0.872. The van der Waals surface area contributed by atoms with Crippen molar-refractivity contribution in [1.29, 1.82) is 0 Å². The minimum absolute atomic E-state index is 0.0976. The van der Waals surface area contributed by atoms with E-state index in [9.17, 15) is 9.59 Å². The minimum atomic E-state index is -0.167. The van der Waals surface area contributed by atoms with Gasteiger partial charge < -0.3 is 16.0 Å². The third kappa shape index (κ3) is 4.51. The van der Waals surface area contributed by atoms with Crippen LogP contribution in [-0.4, -0.2) is 37.4 Å². The Balaban J connectivity index is 2.87. The molecule has 1 aromatic carbocycles. The second-order valence-electron chi connectivity index (χ2n) is 4.99. The van der Waals surface area contributed by atoms with E-state index in [0.29, 0.717) is 29.2 Å². The van der Waals surface area contributed by atoms with Gasteiger partial charge in [-0.3, -0.25) is 9.59 Å². The normalized spacial score (nSPS) is 11.8. The van der Waals surface area contributed by atoms with Gasteiger partial charge in [-0.2, -0.15) is 0 Å². The molecule has 1 aromatic rings. The molecule has 0 fully saturated rings. The summed E-state index contributed by atoms with van der Waals surface area (Å²) in [5, 5.41) is 3.11. The van der Waals surface area contributed by atoms with Crippen molar-refractivity contribution in [2.24, 2.45) is 11.7 Å². The summed E-state index contributed by atoms with van der Waals surface area (Å²) in [6.07, 6.45) is 0.318. The number of benzene rings is 1. The van der Waals surface area contributed by atoms with E-state index in [0.717, 1.165) is 0 Å². The van der Waals surface area contributed by atoms with Gasteiger partial charge >= 0.3 is 0 Å². The van der Waals surface area contributed by atoms with Gasteiger partial charge in [0.25, 0.3) is 5.91 Å². The standard InChI is InChI=1S/C14H20ClN3O2/c1-9(8-16)6-13(19)17-12-7-10(4-5-11(12)15)14(20)18(2)3/h4-5,7,9H,6,8,16H2,1-3H3,(H,17,19). The first kappa shape index (κ1) is 16.5. The zero-order valence-corrected chi connectivity index (χ0v) is 12.7. The van der Waals surface area contributed by atoms with Crippen molar-refractivity contribution >= 4 is 29.1 Å². The summed E-state index contributed by atoms with van der Waals surface area (Å²) in [5.41, 5.74) is 6.40. The lowest BCUT2D eigenvalue weighted by molar-refractivity contribution is -0.116. The number of amides is 2. The number of rotatable bonds is 5. The summed E-state index contributed by atoms with van der Waals surface area (Å²) in [6.45, 7) is 2.34. The second-order valence-corrected chi connectivity index (χ2v) is 5.39. The number of nitrogens with one attached hydrogen (secondary N) is 1. The van der Waals surface area contributed by atoms with E-state index < -0.39 is 0 Å². The monoisotopic (exact) mass is 297 g/mol. The molecule has 6 heteroatoms. The molecular formula is C14H20ClN3O2. The largest absolute Gasteiger partial charge is 0.345 e. The molecule has 0 radical (unpaired) electrons. The van der Waals surface area contributed by atoms with Crippen LogP contribution in [0.5, 0.6) is 0 Å². The summed E-state index contributed by atoms with van der Waals surface area (Å²) in [6, 6.07) is 4.80. The Bertz CT molecular complexity index is 503. The molecule has 0 saturated heterocycles. The number of carbonyl (C=O) groups is 2. The maximum absolute atomic E-state index is 11.9. The molecule has 3 N–H and O–H groups in total. The fourth-order valence-electron chi connectivity index (χ4n) is 1.61. The average Bonchev–Trinajstić information content (AvgIpc) is 2.40. The van der Waals surface area contributed by atoms with Gasteiger partial charge in [0, 0.05) is 26.1 Å². The molecule has 2 amide bonds. The van der Waals surface area contributed by atoms with Crippen LogP contribution in [-0.2, 0) is 4.79 Å². The molecule has 1 unspecified atom stereocenters. The van der Waals surface area contributed by atoms with Gasteiger partial charge in [-0.25, -0.2) is 0 Å². The molecular weight excluding hydrogens is 278 g/mol. The lowest BCUT2D eigenvalue weighted by atomic mass is 10.1. The van der Waals surface area contributed by atoms with Crippen molar-refractivity contribution < 1.29 is 9.59 Å². The Labute approximate surface area is 124 Å². The SMILES string of the molecule is CC(CN)CC(=O)Nc1cc(C(=O)N(C)C)ccc1Cl. The Hall–Kier alpha value is -1.59. The lowest BCUT2D eigenvalue weighted by Crippen LogP contribution is -2.22. The molecule has 0 aliphatic carbocycles. The number of hydrogen-bond acceptors (Lipinski definition) is 3. The van der Waals surface area contributed by atoms with Crippen molar-refractivity contribution in [2.45, 2.75) is 13.3 Å². The van der Waals surface area contributed by atoms with E-state index in [1.54, 1.807) is 32.3 Å². The Morgan fingerprint density at radius 2 is 2.05 bits per heavy atom. The van der Waals surface area contributed by atoms with Crippen molar-refractivity contribution in [1.82, 2.24) is 4.90 Å². The molecule has 0 aliphatic heterocycles. The fourth-order valence-corrected chi connectivity index (χ4v) is 1.78. The molecule has 0 saturated carbocycles. The number of anilines is 1. The van der Waals surface area contributed by atoms with Crippen LogP contribution in [0.2, 0.25) is 5.02 Å². The molecule has 1 rings (SSSR count). The first-order valence-electron chi connectivity index (χ1n) is 6.36. The highest BCUT2D eigenvalue weighted by molar-refractivity contribution is 6.33. The highest BCUT2D eigenvalue weighted by Gasteiger charge is 2.13. The van der Waals surface area contributed by atoms with Gasteiger partial charge in [-0.1, -0.05) is 18.5 Å². The molecule has 0 heterocycles. The number of nitrogens with two attached hydrogens (primary N) is 1. The zero-order chi connectivity index (χ0) is 15.3. The molecule has 5 nitrogen and oxygen atoms in total. The number of carbonyl (C=O) groups excluding carboxylic acids is 2. The van der Waals surface area contributed by atoms with Crippen LogP contribution in [0.15, 0.2) is 18.2 Å². The van der Waals surface area contributed by atoms with Gasteiger partial charge in [0.1, 0.15) is 0 Å². The van der Waals surface area contributed by atoms with Gasteiger partial charge in [-0.15, -0.1) is 0 Å². The van der Waals surface area contributed by atoms with E-state index in [1.807, 2.05) is 6.92 Å². The Morgan fingerprint density at radius 1 is 1.40 bits per heavy atom. The lowest BCUT2D eigenvalue weighted by Gasteiger charge is -2.14. The maximum Gasteiger partial charge on any atom is 0.253 e. The fraction of sp³-hybridized carbons (Fsp3) is 0.429. The van der Waals surface area contributed by atoms with Gasteiger partial charge in [-0.05, 0) is 30.7 Å². The van der Waals surface area contributed by atoms with Crippen LogP contribution < -0.4 is 11.1 Å². The van der Waals surface area contributed by atoms with Crippen molar-refractivity contribution in [3.63, 3.8) is 0 Å². The number of hydrogen-bond donors (Lipinski definition) is 2. The highest BCUT2D eigenvalue weighted by Crippen LogP contribution is 2.24. The number of nitrogens with zero attached hydrogens (tertiary/aromatic N) is 1. The molecule has 110 valence electrons. The van der Waals surface area contributed by atoms with Gasteiger partial charge in [0.05, 0.1) is 10.7 Å². The molecule has 0 aliphatic rings. The summed E-state index contributed by atoms with van der Waals surface area (Å²) in [7, 11) is 3.33. The highest BCUT2D eigenvalue weighted by atomic mass is 35.5. The van der Waals surface area contributed by atoms with E-state index in [2.05, 4.69) is 5.32 Å². The first-order chi connectivity index (χ1) is 9.35. The predicted octanol–water partition coefficient (Wildman–Crippen LogP) is 1.97. The van der Waals surface area contributed by atoms with Gasteiger partial charge in [0.2, 0.25) is 5.91 Å². The minimum Gasteiger partial charge on any atom is -0.345 e. The second kappa shape index (κ2) is 7.26. The number of halogens is 1. The van der Waals surface area contributed by atoms with Crippen molar-refractivity contribution in [3.05, 3.63) is 28.8 Å². The van der Waals surface area contributed by atoms with Crippen LogP contribution in [0.1, 0.15) is 23.7 Å². The Morgan fingerprint density at radius 3 is 2.60 bits per heavy atom. The maximum atomic E-state index is 11.9. The van der Waals surface area contributed by atoms with Crippen molar-refractivity contribution in [2.75, 3.05) is 26.0 Å². The summed E-state index contributed by atoms with van der Waals surface area (Å²) < 4.78 is 0. The Kier molecular flexibility index (Phi) is 5.98. The van der Waals surface area contributed by atoms with Crippen LogP contribution in [0.4, 0.5) is 5.69 Å². The van der Waals surface area contributed by atoms with Crippen LogP contribution in [0, 0.1) is 5.92 Å². The smallest absolute Gasteiger partial charge is 0.253 e. The van der Waals surface area contributed by atoms with E-state index in [1.165, 1.54) is 4.90 Å². The van der Waals surface area contributed by atoms with E-state index in [-0.39, 0.29) is 17.7 Å². The summed E-state index contributed by atoms with van der Waals surface area (Å²) >= 11 is 6.03. The third-order valence-electron chi connectivity index (χ3n) is 2.83. The van der Waals surface area contributed by atoms with E-state index >= 15 is 0 Å². The molecule has 0 spiro atoms. The van der Waals surface area contributed by atoms with Crippen LogP contribution in [0.3, 0.4) is 0 Å². The third-order valence-corrected chi connectivity index (χ3v) is 3.16. The van der Waals surface area contributed by atoms with E-state index in [4.69, 9.17) is 17.3 Å². The van der Waals surface area contributed by atoms with Crippen LogP contribution in [0.25, 0.3) is 0 Å². The zero-order valence-electron chi connectivity index (χ0n) is 11.9. The molecule has 0 bridgehead atoms. The van der Waals surface area contributed by atoms with Gasteiger partial charge in [0.15, 0.2) is 0 Å². The molecule has 0 aromatic heterocycles. The average molecular weight is 298 g/mol. The summed E-state index contributed by atoms with van der Waals surface area (Å²) in [4.78, 5) is 25.2. The predicted molar refractivity (Wildman–Crippen MR) is 80.9 cm³/mol. The van der Waals surface area contributed by atoms with Crippen molar-refractivity contribution in [3.8, 4) is 0 Å². The molecule has 20 heavy (non-hydrogen) atoms. The first-order valence-corrected chi connectivity index (χ1v) is 6.74. The summed E-state index contributed by atoms with van der Waals surface area (Å²) in [5.74, 6) is -0.216.